The second-order valence-electron chi connectivity index (χ2n) is 5.94. The maximum absolute atomic E-state index is 12.1. The zero-order valence-electron chi connectivity index (χ0n) is 15.5. The van der Waals surface area contributed by atoms with Crippen molar-refractivity contribution in [1.82, 2.24) is 9.78 Å². The Kier molecular flexibility index (Phi) is 6.41. The van der Waals surface area contributed by atoms with Crippen molar-refractivity contribution in [2.24, 2.45) is 0 Å². The molecule has 0 bridgehead atoms. The zero-order chi connectivity index (χ0) is 19.8. The number of hydrogen-bond acceptors (Lipinski definition) is 5. The minimum Gasteiger partial charge on any atom is -0.492 e. The van der Waals surface area contributed by atoms with Crippen LogP contribution in [0.5, 0.6) is 5.75 Å². The molecule has 3 aromatic rings. The fourth-order valence-electron chi connectivity index (χ4n) is 2.57. The van der Waals surface area contributed by atoms with Crippen LogP contribution in [0.4, 0.5) is 5.69 Å². The Hall–Kier alpha value is -3.61. The molecule has 0 aliphatic carbocycles. The maximum Gasteiger partial charge on any atom is 0.310 e. The molecule has 0 aliphatic heterocycles. The summed E-state index contributed by atoms with van der Waals surface area (Å²) in [5.74, 6) is -0.362. The summed E-state index contributed by atoms with van der Waals surface area (Å²) in [5, 5.41) is 6.92. The third-order valence-corrected chi connectivity index (χ3v) is 3.83. The molecule has 1 amide bonds. The van der Waals surface area contributed by atoms with Crippen molar-refractivity contribution in [2.75, 3.05) is 18.5 Å². The topological polar surface area (TPSA) is 82.4 Å². The van der Waals surface area contributed by atoms with Crippen molar-refractivity contribution in [3.63, 3.8) is 0 Å². The number of carbonyl (C=O) groups excluding carboxylic acids is 2. The van der Waals surface area contributed by atoms with Crippen molar-refractivity contribution in [2.45, 2.75) is 13.3 Å². The summed E-state index contributed by atoms with van der Waals surface area (Å²) in [7, 11) is 0. The van der Waals surface area contributed by atoms with Crippen LogP contribution in [0.2, 0.25) is 0 Å². The van der Waals surface area contributed by atoms with Crippen LogP contribution in [0.25, 0.3) is 5.69 Å². The quantitative estimate of drug-likeness (QED) is 0.609. The van der Waals surface area contributed by atoms with Crippen molar-refractivity contribution in [3.05, 3.63) is 72.6 Å². The average molecular weight is 379 g/mol. The molecule has 0 spiro atoms. The van der Waals surface area contributed by atoms with E-state index in [4.69, 9.17) is 9.47 Å². The molecule has 2 aromatic carbocycles. The number of rotatable bonds is 8. The molecule has 1 N–H and O–H groups in total. The van der Waals surface area contributed by atoms with Crippen molar-refractivity contribution < 1.29 is 19.1 Å². The van der Waals surface area contributed by atoms with Gasteiger partial charge in [0.05, 0.1) is 30.6 Å². The number of benzene rings is 2. The molecular formula is C21H21N3O4. The lowest BCUT2D eigenvalue weighted by atomic mass is 10.2. The lowest BCUT2D eigenvalue weighted by Gasteiger charge is -2.11. The summed E-state index contributed by atoms with van der Waals surface area (Å²) >= 11 is 0. The molecule has 0 unspecified atom stereocenters. The number of nitrogens with zero attached hydrogens (tertiary/aromatic N) is 2. The van der Waals surface area contributed by atoms with Gasteiger partial charge in [0.15, 0.2) is 6.61 Å². The van der Waals surface area contributed by atoms with Crippen LogP contribution < -0.4 is 10.1 Å². The third-order valence-electron chi connectivity index (χ3n) is 3.83. The van der Waals surface area contributed by atoms with E-state index in [1.165, 1.54) is 0 Å². The van der Waals surface area contributed by atoms with E-state index in [0.717, 1.165) is 5.69 Å². The lowest BCUT2D eigenvalue weighted by Crippen LogP contribution is -2.22. The Morgan fingerprint density at radius 2 is 1.82 bits per heavy atom. The van der Waals surface area contributed by atoms with E-state index in [0.29, 0.717) is 23.6 Å². The highest BCUT2D eigenvalue weighted by atomic mass is 16.5. The number of ether oxygens (including phenoxy) is 2. The van der Waals surface area contributed by atoms with Gasteiger partial charge in [0.1, 0.15) is 5.75 Å². The maximum atomic E-state index is 12.1. The molecule has 0 radical (unpaired) electrons. The molecule has 144 valence electrons. The van der Waals surface area contributed by atoms with E-state index in [-0.39, 0.29) is 13.0 Å². The van der Waals surface area contributed by atoms with E-state index in [1.807, 2.05) is 43.3 Å². The zero-order valence-corrected chi connectivity index (χ0v) is 15.5. The highest BCUT2D eigenvalue weighted by Crippen LogP contribution is 2.23. The number of aromatic nitrogens is 2. The summed E-state index contributed by atoms with van der Waals surface area (Å²) in [6.45, 7) is 1.98. The Labute approximate surface area is 162 Å². The van der Waals surface area contributed by atoms with Crippen LogP contribution in [0.15, 0.2) is 67.0 Å². The number of carbonyl (C=O) groups is 2. The molecule has 1 aromatic heterocycles. The molecule has 0 fully saturated rings. The van der Waals surface area contributed by atoms with Gasteiger partial charge >= 0.3 is 5.97 Å². The van der Waals surface area contributed by atoms with Crippen LogP contribution in [0, 0.1) is 0 Å². The van der Waals surface area contributed by atoms with Crippen molar-refractivity contribution >= 4 is 17.6 Å². The molecule has 7 nitrogen and oxygen atoms in total. The van der Waals surface area contributed by atoms with Crippen LogP contribution in [-0.2, 0) is 20.7 Å². The van der Waals surface area contributed by atoms with Gasteiger partial charge in [0, 0.05) is 11.8 Å². The van der Waals surface area contributed by atoms with Crippen molar-refractivity contribution in [3.8, 4) is 11.4 Å². The van der Waals surface area contributed by atoms with Gasteiger partial charge in [-0.3, -0.25) is 9.59 Å². The first-order valence-electron chi connectivity index (χ1n) is 8.92. The normalized spacial score (nSPS) is 10.3. The van der Waals surface area contributed by atoms with Crippen LogP contribution >= 0.6 is 0 Å². The van der Waals surface area contributed by atoms with Gasteiger partial charge in [-0.15, -0.1) is 0 Å². The van der Waals surface area contributed by atoms with Gasteiger partial charge < -0.3 is 14.8 Å². The van der Waals surface area contributed by atoms with E-state index >= 15 is 0 Å². The number of anilines is 1. The molecule has 0 aliphatic rings. The molecule has 1 heterocycles. The Bertz CT molecular complexity index is 938. The fraction of sp³-hybridized carbons (Fsp3) is 0.190. The first-order chi connectivity index (χ1) is 13.7. The van der Waals surface area contributed by atoms with E-state index in [1.54, 1.807) is 35.3 Å². The molecule has 0 atom stereocenters. The highest BCUT2D eigenvalue weighted by Gasteiger charge is 2.12. The Morgan fingerprint density at radius 1 is 1.07 bits per heavy atom. The average Bonchev–Trinajstić information content (AvgIpc) is 3.17. The number of para-hydroxylation sites is 3. The standard InChI is InChI=1S/C21H21N3O4/c1-2-27-19-11-7-6-10-18(19)23-20(25)15-28-21(26)12-16-13-22-24(14-16)17-8-4-3-5-9-17/h3-11,13-14H,2,12,15H2,1H3,(H,23,25). The summed E-state index contributed by atoms with van der Waals surface area (Å²) in [6.07, 6.45) is 3.40. The Morgan fingerprint density at radius 3 is 2.61 bits per heavy atom. The molecule has 7 heteroatoms. The molecule has 0 saturated heterocycles. The van der Waals surface area contributed by atoms with Crippen LogP contribution in [0.3, 0.4) is 0 Å². The summed E-state index contributed by atoms with van der Waals surface area (Å²) < 4.78 is 12.2. The second-order valence-corrected chi connectivity index (χ2v) is 5.94. The molecule has 0 saturated carbocycles. The molecular weight excluding hydrogens is 358 g/mol. The predicted molar refractivity (Wildman–Crippen MR) is 104 cm³/mol. The number of hydrogen-bond donors (Lipinski definition) is 1. The largest absolute Gasteiger partial charge is 0.492 e. The van der Waals surface area contributed by atoms with E-state index in [2.05, 4.69) is 10.4 Å². The van der Waals surface area contributed by atoms with E-state index in [9.17, 15) is 9.59 Å². The van der Waals surface area contributed by atoms with Gasteiger partial charge in [-0.05, 0) is 31.2 Å². The van der Waals surface area contributed by atoms with Crippen LogP contribution in [-0.4, -0.2) is 34.9 Å². The second kappa shape index (κ2) is 9.36. The fourth-order valence-corrected chi connectivity index (χ4v) is 2.57. The summed E-state index contributed by atoms with van der Waals surface area (Å²) in [4.78, 5) is 24.1. The minimum absolute atomic E-state index is 0.0373. The predicted octanol–water partition coefficient (Wildman–Crippen LogP) is 3.00. The van der Waals surface area contributed by atoms with E-state index < -0.39 is 11.9 Å². The monoisotopic (exact) mass is 379 g/mol. The number of amides is 1. The number of nitrogens with one attached hydrogen (secondary N) is 1. The summed E-state index contributed by atoms with van der Waals surface area (Å²) in [5.41, 5.74) is 2.14. The van der Waals surface area contributed by atoms with Gasteiger partial charge in [-0.25, -0.2) is 4.68 Å². The van der Waals surface area contributed by atoms with Gasteiger partial charge in [-0.2, -0.15) is 5.10 Å². The molecule has 28 heavy (non-hydrogen) atoms. The third kappa shape index (κ3) is 5.20. The molecule has 3 rings (SSSR count). The number of esters is 1. The smallest absolute Gasteiger partial charge is 0.310 e. The summed E-state index contributed by atoms with van der Waals surface area (Å²) in [6, 6.07) is 16.7. The first kappa shape index (κ1) is 19.2. The van der Waals surface area contributed by atoms with Gasteiger partial charge in [-0.1, -0.05) is 30.3 Å². The highest BCUT2D eigenvalue weighted by molar-refractivity contribution is 5.94. The van der Waals surface area contributed by atoms with Gasteiger partial charge in [0.2, 0.25) is 0 Å². The lowest BCUT2D eigenvalue weighted by molar-refractivity contribution is -0.146. The van der Waals surface area contributed by atoms with Gasteiger partial charge in [0.25, 0.3) is 5.91 Å². The van der Waals surface area contributed by atoms with Crippen LogP contribution in [0.1, 0.15) is 12.5 Å². The van der Waals surface area contributed by atoms with Crippen molar-refractivity contribution in [1.29, 1.82) is 0 Å². The first-order valence-corrected chi connectivity index (χ1v) is 8.92. The Balaban J connectivity index is 1.49. The SMILES string of the molecule is CCOc1ccccc1NC(=O)COC(=O)Cc1cnn(-c2ccccc2)c1. The minimum atomic E-state index is -0.499.